The first-order valence-electron chi connectivity index (χ1n) is 6.67. The van der Waals surface area contributed by atoms with Gasteiger partial charge in [-0.1, -0.05) is 24.6 Å². The van der Waals surface area contributed by atoms with Crippen LogP contribution in [0.15, 0.2) is 18.2 Å². The van der Waals surface area contributed by atoms with Gasteiger partial charge in [0.2, 0.25) is 5.91 Å². The van der Waals surface area contributed by atoms with Gasteiger partial charge in [-0.2, -0.15) is 0 Å². The fraction of sp³-hybridized carbons (Fsp3) is 0.533. The topological polar surface area (TPSA) is 29.5 Å². The molecule has 0 bridgehead atoms. The van der Waals surface area contributed by atoms with Crippen LogP contribution in [0.4, 0.5) is 0 Å². The molecular formula is C15H20ClNO2. The summed E-state index contributed by atoms with van der Waals surface area (Å²) in [6.45, 7) is 2.03. The maximum absolute atomic E-state index is 11.9. The molecule has 2 unspecified atom stereocenters. The van der Waals surface area contributed by atoms with Crippen LogP contribution < -0.4 is 4.74 Å². The fourth-order valence-electron chi connectivity index (χ4n) is 2.45. The van der Waals surface area contributed by atoms with Crippen LogP contribution in [-0.2, 0) is 4.79 Å². The van der Waals surface area contributed by atoms with Crippen molar-refractivity contribution >= 4 is 17.5 Å². The first-order valence-corrected chi connectivity index (χ1v) is 7.05. The molecule has 0 aromatic heterocycles. The molecule has 2 atom stereocenters. The second-order valence-corrected chi connectivity index (χ2v) is 5.47. The van der Waals surface area contributed by atoms with E-state index in [0.717, 1.165) is 12.8 Å². The SMILES string of the molecule is CCCC(=O)N(C)C1CC1c1ccc(Cl)c(OC)c1. The summed E-state index contributed by atoms with van der Waals surface area (Å²) >= 11 is 6.02. The van der Waals surface area contributed by atoms with Gasteiger partial charge in [0.1, 0.15) is 5.75 Å². The van der Waals surface area contributed by atoms with Gasteiger partial charge < -0.3 is 9.64 Å². The molecule has 0 heterocycles. The molecule has 4 heteroatoms. The van der Waals surface area contributed by atoms with Crippen molar-refractivity contribution in [2.45, 2.75) is 38.1 Å². The van der Waals surface area contributed by atoms with Crippen LogP contribution in [0.5, 0.6) is 5.75 Å². The van der Waals surface area contributed by atoms with Crippen LogP contribution in [0.25, 0.3) is 0 Å². The van der Waals surface area contributed by atoms with E-state index in [2.05, 4.69) is 0 Å². The molecule has 1 aliphatic carbocycles. The van der Waals surface area contributed by atoms with Gasteiger partial charge in [-0.15, -0.1) is 0 Å². The van der Waals surface area contributed by atoms with Crippen LogP contribution in [0.2, 0.25) is 5.02 Å². The molecule has 1 aromatic rings. The van der Waals surface area contributed by atoms with E-state index in [-0.39, 0.29) is 5.91 Å². The zero-order valence-corrected chi connectivity index (χ0v) is 12.4. The lowest BCUT2D eigenvalue weighted by Gasteiger charge is -2.17. The number of hydrogen-bond acceptors (Lipinski definition) is 2. The number of benzene rings is 1. The lowest BCUT2D eigenvalue weighted by molar-refractivity contribution is -0.130. The molecule has 0 saturated heterocycles. The minimum atomic E-state index is 0.232. The zero-order valence-electron chi connectivity index (χ0n) is 11.6. The summed E-state index contributed by atoms with van der Waals surface area (Å²) in [4.78, 5) is 13.7. The number of hydrogen-bond donors (Lipinski definition) is 0. The Kier molecular flexibility index (Phi) is 4.35. The molecule has 104 valence electrons. The summed E-state index contributed by atoms with van der Waals surface area (Å²) in [5.74, 6) is 1.35. The molecule has 1 aliphatic rings. The number of carbonyl (C=O) groups is 1. The Bertz CT molecular complexity index is 475. The van der Waals surface area contributed by atoms with E-state index in [9.17, 15) is 4.79 Å². The molecule has 1 amide bonds. The van der Waals surface area contributed by atoms with Gasteiger partial charge in [0.05, 0.1) is 12.1 Å². The Morgan fingerprint density at radius 3 is 2.89 bits per heavy atom. The standard InChI is InChI=1S/C15H20ClNO2/c1-4-5-15(18)17(2)13-9-11(13)10-6-7-12(16)14(8-10)19-3/h6-8,11,13H,4-5,9H2,1-3H3. The predicted molar refractivity (Wildman–Crippen MR) is 76.8 cm³/mol. The van der Waals surface area contributed by atoms with E-state index < -0.39 is 0 Å². The van der Waals surface area contributed by atoms with Crippen molar-refractivity contribution in [2.24, 2.45) is 0 Å². The molecule has 0 radical (unpaired) electrons. The first-order chi connectivity index (χ1) is 9.08. The Morgan fingerprint density at radius 2 is 2.26 bits per heavy atom. The van der Waals surface area contributed by atoms with Gasteiger partial charge in [-0.3, -0.25) is 4.79 Å². The van der Waals surface area contributed by atoms with Gasteiger partial charge in [0, 0.05) is 25.4 Å². The van der Waals surface area contributed by atoms with Crippen molar-refractivity contribution in [3.63, 3.8) is 0 Å². The molecule has 19 heavy (non-hydrogen) atoms. The molecular weight excluding hydrogens is 262 g/mol. The number of rotatable bonds is 5. The van der Waals surface area contributed by atoms with Crippen molar-refractivity contribution in [1.29, 1.82) is 0 Å². The highest BCUT2D eigenvalue weighted by atomic mass is 35.5. The third-order valence-electron chi connectivity index (χ3n) is 3.71. The van der Waals surface area contributed by atoms with Crippen molar-refractivity contribution in [1.82, 2.24) is 4.90 Å². The highest BCUT2D eigenvalue weighted by Crippen LogP contribution is 2.45. The average Bonchev–Trinajstić information content (AvgIpc) is 3.19. The summed E-state index contributed by atoms with van der Waals surface area (Å²) in [6, 6.07) is 6.18. The van der Waals surface area contributed by atoms with Crippen molar-refractivity contribution in [3.8, 4) is 5.75 Å². The fourth-order valence-corrected chi connectivity index (χ4v) is 2.64. The maximum Gasteiger partial charge on any atom is 0.222 e. The Labute approximate surface area is 119 Å². The van der Waals surface area contributed by atoms with Crippen molar-refractivity contribution in [2.75, 3.05) is 14.2 Å². The second-order valence-electron chi connectivity index (χ2n) is 5.06. The lowest BCUT2D eigenvalue weighted by atomic mass is 10.1. The summed E-state index contributed by atoms with van der Waals surface area (Å²) in [5.41, 5.74) is 1.20. The normalized spacial score (nSPS) is 21.1. The molecule has 1 saturated carbocycles. The minimum absolute atomic E-state index is 0.232. The van der Waals surface area contributed by atoms with E-state index in [1.807, 2.05) is 37.1 Å². The largest absolute Gasteiger partial charge is 0.495 e. The van der Waals surface area contributed by atoms with Crippen LogP contribution in [0.3, 0.4) is 0 Å². The molecule has 0 spiro atoms. The summed E-state index contributed by atoms with van der Waals surface area (Å²) in [6.07, 6.45) is 2.55. The van der Waals surface area contributed by atoms with Crippen LogP contribution in [-0.4, -0.2) is 31.0 Å². The number of amides is 1. The van der Waals surface area contributed by atoms with Gasteiger partial charge in [0.25, 0.3) is 0 Å². The monoisotopic (exact) mass is 281 g/mol. The molecule has 0 aliphatic heterocycles. The zero-order chi connectivity index (χ0) is 14.0. The number of carbonyl (C=O) groups excluding carboxylic acids is 1. The maximum atomic E-state index is 11.9. The molecule has 0 N–H and O–H groups in total. The number of nitrogens with zero attached hydrogens (tertiary/aromatic N) is 1. The molecule has 3 nitrogen and oxygen atoms in total. The average molecular weight is 282 g/mol. The van der Waals surface area contributed by atoms with Crippen molar-refractivity contribution in [3.05, 3.63) is 28.8 Å². The predicted octanol–water partition coefficient (Wildman–Crippen LogP) is 3.46. The van der Waals surface area contributed by atoms with Crippen molar-refractivity contribution < 1.29 is 9.53 Å². The first kappa shape index (κ1) is 14.2. The van der Waals surface area contributed by atoms with Gasteiger partial charge in [-0.25, -0.2) is 0 Å². The summed E-state index contributed by atoms with van der Waals surface area (Å²) in [7, 11) is 3.52. The molecule has 1 aromatic carbocycles. The number of methoxy groups -OCH3 is 1. The van der Waals surface area contributed by atoms with E-state index >= 15 is 0 Å². The number of likely N-dealkylation sites (N-methyl/N-ethyl adjacent to an activating group) is 1. The van der Waals surface area contributed by atoms with Gasteiger partial charge in [0.15, 0.2) is 0 Å². The van der Waals surface area contributed by atoms with E-state index in [1.165, 1.54) is 5.56 Å². The Balaban J connectivity index is 2.04. The summed E-state index contributed by atoms with van der Waals surface area (Å²) < 4.78 is 5.23. The quantitative estimate of drug-likeness (QED) is 0.827. The second kappa shape index (κ2) is 5.83. The van der Waals surface area contributed by atoms with Crippen LogP contribution in [0.1, 0.15) is 37.7 Å². The third kappa shape index (κ3) is 3.03. The number of ether oxygens (including phenoxy) is 1. The van der Waals surface area contributed by atoms with Gasteiger partial charge >= 0.3 is 0 Å². The molecule has 2 rings (SSSR count). The third-order valence-corrected chi connectivity index (χ3v) is 4.03. The van der Waals surface area contributed by atoms with Crippen LogP contribution >= 0.6 is 11.6 Å². The van der Waals surface area contributed by atoms with E-state index in [1.54, 1.807) is 7.11 Å². The Hall–Kier alpha value is -1.22. The highest BCUT2D eigenvalue weighted by Gasteiger charge is 2.43. The van der Waals surface area contributed by atoms with Crippen LogP contribution in [0, 0.1) is 0 Å². The minimum Gasteiger partial charge on any atom is -0.495 e. The lowest BCUT2D eigenvalue weighted by Crippen LogP contribution is -2.29. The number of halogens is 1. The van der Waals surface area contributed by atoms with E-state index in [4.69, 9.17) is 16.3 Å². The van der Waals surface area contributed by atoms with E-state index in [0.29, 0.717) is 29.2 Å². The summed E-state index contributed by atoms with van der Waals surface area (Å²) in [5, 5.41) is 0.624. The molecule has 1 fully saturated rings. The Morgan fingerprint density at radius 1 is 1.53 bits per heavy atom. The van der Waals surface area contributed by atoms with Gasteiger partial charge in [-0.05, 0) is 30.5 Å². The highest BCUT2D eigenvalue weighted by molar-refractivity contribution is 6.32. The smallest absolute Gasteiger partial charge is 0.222 e.